The molecular weight excluding hydrogens is 383 g/mol. The van der Waals surface area contributed by atoms with E-state index < -0.39 is 17.3 Å². The molecule has 3 heterocycles. The number of anilines is 1. The monoisotopic (exact) mass is 400 g/mol. The molecule has 0 bridgehead atoms. The lowest BCUT2D eigenvalue weighted by molar-refractivity contribution is 0.101. The van der Waals surface area contributed by atoms with Gasteiger partial charge < -0.3 is 20.3 Å². The fourth-order valence-corrected chi connectivity index (χ4v) is 3.68. The first-order valence-electron chi connectivity index (χ1n) is 8.48. The van der Waals surface area contributed by atoms with Crippen LogP contribution in [0.1, 0.15) is 23.0 Å². The van der Waals surface area contributed by atoms with Gasteiger partial charge in [-0.3, -0.25) is 9.79 Å². The molecule has 28 heavy (non-hydrogen) atoms. The number of rotatable bonds is 4. The van der Waals surface area contributed by atoms with E-state index in [0.29, 0.717) is 17.3 Å². The minimum absolute atomic E-state index is 0.128. The molecule has 0 fully saturated rings. The molecule has 1 aliphatic heterocycles. The third-order valence-electron chi connectivity index (χ3n) is 4.33. The predicted octanol–water partition coefficient (Wildman–Crippen LogP) is 3.40. The van der Waals surface area contributed by atoms with Crippen LogP contribution in [0, 0.1) is 5.82 Å². The van der Waals surface area contributed by atoms with E-state index in [-0.39, 0.29) is 24.5 Å². The second kappa shape index (κ2) is 7.17. The van der Waals surface area contributed by atoms with Crippen molar-refractivity contribution in [3.05, 3.63) is 58.9 Å². The molecule has 1 atom stereocenters. The third-order valence-corrected chi connectivity index (χ3v) is 5.22. The molecule has 1 aromatic carbocycles. The lowest BCUT2D eigenvalue weighted by Gasteiger charge is -2.30. The Kier molecular flexibility index (Phi) is 4.70. The maximum absolute atomic E-state index is 14.4. The molecule has 0 saturated carbocycles. The van der Waals surface area contributed by atoms with Crippen molar-refractivity contribution in [3.8, 4) is 10.6 Å². The van der Waals surface area contributed by atoms with E-state index in [9.17, 15) is 9.18 Å². The van der Waals surface area contributed by atoms with Gasteiger partial charge in [0.25, 0.3) is 5.91 Å². The van der Waals surface area contributed by atoms with Crippen LogP contribution >= 0.6 is 11.3 Å². The molecular formula is C19H17FN4O3S. The average Bonchev–Trinajstić information content (AvgIpc) is 3.34. The van der Waals surface area contributed by atoms with Crippen molar-refractivity contribution in [1.82, 2.24) is 5.16 Å². The van der Waals surface area contributed by atoms with E-state index in [2.05, 4.69) is 15.5 Å². The summed E-state index contributed by atoms with van der Waals surface area (Å²) in [6.45, 7) is 2.13. The molecule has 7 nitrogen and oxygen atoms in total. The van der Waals surface area contributed by atoms with Gasteiger partial charge in [0, 0.05) is 17.3 Å². The Labute approximate surface area is 164 Å². The van der Waals surface area contributed by atoms with E-state index in [0.717, 1.165) is 4.88 Å². The van der Waals surface area contributed by atoms with E-state index in [1.54, 1.807) is 13.0 Å². The molecule has 1 amide bonds. The van der Waals surface area contributed by atoms with Gasteiger partial charge in [-0.1, -0.05) is 11.2 Å². The van der Waals surface area contributed by atoms with Crippen LogP contribution < -0.4 is 11.1 Å². The number of nitrogens with one attached hydrogen (secondary N) is 1. The lowest BCUT2D eigenvalue weighted by Crippen LogP contribution is -2.38. The Morgan fingerprint density at radius 3 is 2.96 bits per heavy atom. The highest BCUT2D eigenvalue weighted by atomic mass is 32.1. The van der Waals surface area contributed by atoms with Crippen molar-refractivity contribution in [1.29, 1.82) is 0 Å². The summed E-state index contributed by atoms with van der Waals surface area (Å²) < 4.78 is 25.1. The maximum atomic E-state index is 14.4. The third kappa shape index (κ3) is 3.54. The molecule has 2 aromatic heterocycles. The fourth-order valence-electron chi connectivity index (χ4n) is 3.00. The molecule has 144 valence electrons. The smallest absolute Gasteiger partial charge is 0.277 e. The largest absolute Gasteiger partial charge is 0.386 e. The second-order valence-electron chi connectivity index (χ2n) is 6.57. The highest BCUT2D eigenvalue weighted by molar-refractivity contribution is 7.13. The molecule has 1 unspecified atom stereocenters. The molecule has 3 N–H and O–H groups in total. The highest BCUT2D eigenvalue weighted by Gasteiger charge is 2.33. The topological polar surface area (TPSA) is 103 Å². The summed E-state index contributed by atoms with van der Waals surface area (Å²) in [5.41, 5.74) is 5.60. The summed E-state index contributed by atoms with van der Waals surface area (Å²) in [6.07, 6.45) is 0. The van der Waals surface area contributed by atoms with Gasteiger partial charge in [-0.25, -0.2) is 4.39 Å². The van der Waals surface area contributed by atoms with Crippen LogP contribution in [0.3, 0.4) is 0 Å². The molecule has 0 saturated heterocycles. The number of nitrogens with zero attached hydrogens (tertiary/aromatic N) is 2. The minimum atomic E-state index is -0.965. The normalized spacial score (nSPS) is 19.3. The van der Waals surface area contributed by atoms with Crippen molar-refractivity contribution in [2.45, 2.75) is 12.5 Å². The van der Waals surface area contributed by atoms with E-state index in [1.165, 1.54) is 29.5 Å². The summed E-state index contributed by atoms with van der Waals surface area (Å²) >= 11 is 1.48. The number of nitrogens with two attached hydrogens (primary N) is 1. The van der Waals surface area contributed by atoms with Crippen LogP contribution in [-0.2, 0) is 10.3 Å². The number of amides is 1. The standard InChI is InChI=1S/C19H17FN4O3S/c1-19(10-26-9-17(21)23-19)12-7-11(4-5-13(12)20)22-18(25)14-8-15(27-24-14)16-3-2-6-28-16/h2-8H,9-10H2,1H3,(H2,21,23)(H,22,25). The van der Waals surface area contributed by atoms with Crippen molar-refractivity contribution >= 4 is 28.8 Å². The number of aromatic nitrogens is 1. The Hall–Kier alpha value is -3.04. The van der Waals surface area contributed by atoms with Crippen LogP contribution in [-0.4, -0.2) is 30.1 Å². The highest BCUT2D eigenvalue weighted by Crippen LogP contribution is 2.32. The summed E-state index contributed by atoms with van der Waals surface area (Å²) in [6, 6.07) is 9.59. The van der Waals surface area contributed by atoms with Crippen LogP contribution in [0.2, 0.25) is 0 Å². The molecule has 3 aromatic rings. The maximum Gasteiger partial charge on any atom is 0.277 e. The SMILES string of the molecule is CC1(c2cc(NC(=O)c3cc(-c4cccs4)on3)ccc2F)COCC(N)=N1. The molecule has 9 heteroatoms. The summed E-state index contributed by atoms with van der Waals surface area (Å²) in [5.74, 6) is -0.107. The van der Waals surface area contributed by atoms with Crippen LogP contribution in [0.25, 0.3) is 10.6 Å². The van der Waals surface area contributed by atoms with Gasteiger partial charge in [0.05, 0.1) is 11.5 Å². The summed E-state index contributed by atoms with van der Waals surface area (Å²) in [4.78, 5) is 17.7. The van der Waals surface area contributed by atoms with Gasteiger partial charge in [0.2, 0.25) is 0 Å². The minimum Gasteiger partial charge on any atom is -0.386 e. The average molecular weight is 400 g/mol. The first-order chi connectivity index (χ1) is 13.4. The zero-order valence-electron chi connectivity index (χ0n) is 14.9. The van der Waals surface area contributed by atoms with Gasteiger partial charge in [-0.05, 0) is 36.6 Å². The van der Waals surface area contributed by atoms with Crippen molar-refractivity contribution in [2.24, 2.45) is 10.7 Å². The number of aliphatic imine (C=N–C) groups is 1. The van der Waals surface area contributed by atoms with Crippen LogP contribution in [0.15, 0.2) is 51.3 Å². The van der Waals surface area contributed by atoms with Gasteiger partial charge in [-0.2, -0.15) is 0 Å². The first kappa shape index (κ1) is 18.3. The van der Waals surface area contributed by atoms with Crippen molar-refractivity contribution in [2.75, 3.05) is 18.5 Å². The Morgan fingerprint density at radius 2 is 2.21 bits per heavy atom. The predicted molar refractivity (Wildman–Crippen MR) is 104 cm³/mol. The number of carbonyl (C=O) groups is 1. The quantitative estimate of drug-likeness (QED) is 0.699. The van der Waals surface area contributed by atoms with E-state index >= 15 is 0 Å². The fraction of sp³-hybridized carbons (Fsp3) is 0.211. The van der Waals surface area contributed by atoms with Crippen LogP contribution in [0.5, 0.6) is 0 Å². The molecule has 0 spiro atoms. The first-order valence-corrected chi connectivity index (χ1v) is 9.36. The summed E-state index contributed by atoms with van der Waals surface area (Å²) in [5, 5.41) is 8.42. The summed E-state index contributed by atoms with van der Waals surface area (Å²) in [7, 11) is 0. The Morgan fingerprint density at radius 1 is 1.36 bits per heavy atom. The van der Waals surface area contributed by atoms with Gasteiger partial charge in [0.15, 0.2) is 11.5 Å². The second-order valence-corrected chi connectivity index (χ2v) is 7.52. The Bertz CT molecular complexity index is 1050. The van der Waals surface area contributed by atoms with Gasteiger partial charge in [0.1, 0.15) is 23.8 Å². The molecule has 4 rings (SSSR count). The number of hydrogen-bond donors (Lipinski definition) is 2. The van der Waals surface area contributed by atoms with Gasteiger partial charge in [-0.15, -0.1) is 11.3 Å². The number of amidine groups is 1. The number of carbonyl (C=O) groups excluding carboxylic acids is 1. The van der Waals surface area contributed by atoms with Gasteiger partial charge >= 0.3 is 0 Å². The van der Waals surface area contributed by atoms with Crippen LogP contribution in [0.4, 0.5) is 10.1 Å². The number of ether oxygens (including phenoxy) is 1. The molecule has 1 aliphatic rings. The van der Waals surface area contributed by atoms with E-state index in [4.69, 9.17) is 15.0 Å². The number of hydrogen-bond acceptors (Lipinski definition) is 7. The zero-order valence-corrected chi connectivity index (χ0v) is 15.8. The number of halogens is 1. The van der Waals surface area contributed by atoms with E-state index in [1.807, 2.05) is 17.5 Å². The zero-order chi connectivity index (χ0) is 19.7. The number of benzene rings is 1. The molecule has 0 aliphatic carbocycles. The van der Waals surface area contributed by atoms with Crippen molar-refractivity contribution in [3.63, 3.8) is 0 Å². The van der Waals surface area contributed by atoms with Crippen molar-refractivity contribution < 1.29 is 18.4 Å². The number of thiophene rings is 1. The molecule has 0 radical (unpaired) electrons. The lowest BCUT2D eigenvalue weighted by atomic mass is 9.92. The Balaban J connectivity index is 1.57.